The summed E-state index contributed by atoms with van der Waals surface area (Å²) in [6, 6.07) is 15.2. The summed E-state index contributed by atoms with van der Waals surface area (Å²) < 4.78 is 2.31. The second-order valence-electron chi connectivity index (χ2n) is 7.19. The third-order valence-corrected chi connectivity index (χ3v) is 5.34. The molecule has 2 aromatic carbocycles. The molecule has 32 heavy (non-hydrogen) atoms. The minimum absolute atomic E-state index is 0.780. The first-order valence-electron chi connectivity index (χ1n) is 11.2. The van der Waals surface area contributed by atoms with Crippen LogP contribution in [0.1, 0.15) is 33.3 Å². The lowest BCUT2D eigenvalue weighted by atomic mass is 10.0. The zero-order valence-corrected chi connectivity index (χ0v) is 20.0. The van der Waals surface area contributed by atoms with Gasteiger partial charge in [-0.2, -0.15) is 0 Å². The van der Waals surface area contributed by atoms with Crippen molar-refractivity contribution in [3.8, 4) is 0 Å². The van der Waals surface area contributed by atoms with Gasteiger partial charge in [0.2, 0.25) is 0 Å². The first-order chi connectivity index (χ1) is 15.6. The Kier molecular flexibility index (Phi) is 9.04. The molecule has 0 bridgehead atoms. The highest BCUT2D eigenvalue weighted by molar-refractivity contribution is 6.11. The Bertz CT molecular complexity index is 1240. The summed E-state index contributed by atoms with van der Waals surface area (Å²) in [6.45, 7) is 24.2. The second kappa shape index (κ2) is 11.7. The van der Waals surface area contributed by atoms with Crippen molar-refractivity contribution in [3.63, 3.8) is 0 Å². The number of nitrogens with zero attached hydrogens (tertiary/aromatic N) is 1. The Balaban J connectivity index is 0.00000176. The third-order valence-electron chi connectivity index (χ3n) is 5.34. The fraction of sp³-hybridized carbons (Fsp3) is 0.161. The van der Waals surface area contributed by atoms with Crippen LogP contribution in [0.4, 0.5) is 0 Å². The Labute approximate surface area is 193 Å². The quantitative estimate of drug-likeness (QED) is 0.319. The van der Waals surface area contributed by atoms with Crippen LogP contribution in [-0.4, -0.2) is 4.57 Å². The molecule has 0 aliphatic carbocycles. The maximum Gasteiger partial charge on any atom is 0.0544 e. The minimum atomic E-state index is 0.780. The average Bonchev–Trinajstić information content (AvgIpc) is 3.15. The van der Waals surface area contributed by atoms with Gasteiger partial charge in [0, 0.05) is 16.3 Å². The van der Waals surface area contributed by atoms with Crippen molar-refractivity contribution in [2.75, 3.05) is 0 Å². The highest BCUT2D eigenvalue weighted by Gasteiger charge is 2.16. The van der Waals surface area contributed by atoms with E-state index in [1.807, 2.05) is 45.9 Å². The summed E-state index contributed by atoms with van der Waals surface area (Å²) in [6.07, 6.45) is 12.7. The number of aromatic nitrogens is 1. The zero-order valence-electron chi connectivity index (χ0n) is 20.0. The van der Waals surface area contributed by atoms with Crippen molar-refractivity contribution >= 4 is 27.5 Å². The Morgan fingerprint density at radius 1 is 0.875 bits per heavy atom. The van der Waals surface area contributed by atoms with Gasteiger partial charge in [-0.15, -0.1) is 0 Å². The van der Waals surface area contributed by atoms with Gasteiger partial charge in [0.15, 0.2) is 0 Å². The molecule has 0 N–H and O–H groups in total. The highest BCUT2D eigenvalue weighted by Crippen LogP contribution is 2.35. The summed E-state index contributed by atoms with van der Waals surface area (Å²) in [4.78, 5) is 0. The van der Waals surface area contributed by atoms with E-state index in [9.17, 15) is 0 Å². The van der Waals surface area contributed by atoms with Crippen LogP contribution in [-0.2, 0) is 6.42 Å². The van der Waals surface area contributed by atoms with Crippen LogP contribution in [0.15, 0.2) is 122 Å². The Morgan fingerprint density at radius 3 is 2.16 bits per heavy atom. The van der Waals surface area contributed by atoms with Gasteiger partial charge in [-0.3, -0.25) is 0 Å². The lowest BCUT2D eigenvalue weighted by Crippen LogP contribution is -2.00. The van der Waals surface area contributed by atoms with Gasteiger partial charge in [0.05, 0.1) is 16.7 Å². The van der Waals surface area contributed by atoms with Crippen molar-refractivity contribution in [1.29, 1.82) is 0 Å². The molecule has 0 amide bonds. The number of fused-ring (bicyclic) bond motifs is 3. The molecule has 0 saturated carbocycles. The van der Waals surface area contributed by atoms with Gasteiger partial charge in [-0.25, -0.2) is 0 Å². The Morgan fingerprint density at radius 2 is 1.56 bits per heavy atom. The Hall–Kier alpha value is -3.58. The van der Waals surface area contributed by atoms with Crippen molar-refractivity contribution in [3.05, 3.63) is 128 Å². The summed E-state index contributed by atoms with van der Waals surface area (Å²) in [5.74, 6) is 0. The molecule has 0 aliphatic rings. The molecule has 0 fully saturated rings. The maximum atomic E-state index is 4.17. The molecule has 0 spiro atoms. The smallest absolute Gasteiger partial charge is 0.0544 e. The van der Waals surface area contributed by atoms with Gasteiger partial charge in [0.1, 0.15) is 0 Å². The number of hydrogen-bond donors (Lipinski definition) is 0. The predicted octanol–water partition coefficient (Wildman–Crippen LogP) is 9.21. The van der Waals surface area contributed by atoms with E-state index in [1.54, 1.807) is 0 Å². The van der Waals surface area contributed by atoms with Crippen LogP contribution in [0.2, 0.25) is 0 Å². The van der Waals surface area contributed by atoms with E-state index in [2.05, 4.69) is 91.6 Å². The SMILES string of the molecule is C=CC(=C)Cc1ccc2c3ccccc3n(/C(C=C)=C(\C=C/C)C(/C=C)=C\C)c2c1.CC. The van der Waals surface area contributed by atoms with Crippen LogP contribution in [0.3, 0.4) is 0 Å². The lowest BCUT2D eigenvalue weighted by Gasteiger charge is -2.15. The lowest BCUT2D eigenvalue weighted by molar-refractivity contribution is 1.18. The van der Waals surface area contributed by atoms with Crippen molar-refractivity contribution in [1.82, 2.24) is 4.57 Å². The van der Waals surface area contributed by atoms with E-state index < -0.39 is 0 Å². The van der Waals surface area contributed by atoms with Gasteiger partial charge in [-0.05, 0) is 49.6 Å². The standard InChI is InChI=1S/C29H29N.C2H6/c1-7-14-24(23(9-3)10-4)27(11-5)30-28-16-13-12-15-25(28)26-18-17-22(20-29(26)30)19-21(6)8-2;1-2/h7-18,20H,2-3,5-6,19H2,1,4H3;1-2H3/b14-7-,23-10-,27-24+;. The molecular weight excluding hydrogens is 386 g/mol. The topological polar surface area (TPSA) is 4.93 Å². The average molecular weight is 422 g/mol. The van der Waals surface area contributed by atoms with E-state index in [-0.39, 0.29) is 0 Å². The molecule has 1 heterocycles. The van der Waals surface area contributed by atoms with Crippen LogP contribution >= 0.6 is 0 Å². The van der Waals surface area contributed by atoms with Gasteiger partial charge >= 0.3 is 0 Å². The largest absolute Gasteiger partial charge is 0.309 e. The number of hydrogen-bond acceptors (Lipinski definition) is 0. The predicted molar refractivity (Wildman–Crippen MR) is 146 cm³/mol. The molecule has 0 radical (unpaired) electrons. The molecular formula is C31H35N. The van der Waals surface area contributed by atoms with E-state index in [4.69, 9.17) is 0 Å². The molecule has 0 unspecified atom stereocenters. The van der Waals surface area contributed by atoms with Gasteiger partial charge in [-0.1, -0.05) is 106 Å². The fourth-order valence-corrected chi connectivity index (χ4v) is 3.92. The second-order valence-corrected chi connectivity index (χ2v) is 7.19. The zero-order chi connectivity index (χ0) is 23.7. The normalized spacial score (nSPS) is 12.3. The summed E-state index contributed by atoms with van der Waals surface area (Å²) >= 11 is 0. The molecule has 0 aliphatic heterocycles. The fourth-order valence-electron chi connectivity index (χ4n) is 3.92. The van der Waals surface area contributed by atoms with E-state index in [1.165, 1.54) is 16.3 Å². The summed E-state index contributed by atoms with van der Waals surface area (Å²) in [5, 5.41) is 2.44. The molecule has 3 rings (SSSR count). The highest BCUT2D eigenvalue weighted by atomic mass is 15.0. The number of benzene rings is 2. The summed E-state index contributed by atoms with van der Waals surface area (Å²) in [7, 11) is 0. The van der Waals surface area contributed by atoms with Crippen molar-refractivity contribution in [2.24, 2.45) is 0 Å². The molecule has 164 valence electrons. The molecule has 1 aromatic heterocycles. The van der Waals surface area contributed by atoms with Crippen LogP contribution < -0.4 is 0 Å². The van der Waals surface area contributed by atoms with Crippen molar-refractivity contribution < 1.29 is 0 Å². The first-order valence-corrected chi connectivity index (χ1v) is 11.2. The number of para-hydroxylation sites is 1. The van der Waals surface area contributed by atoms with E-state index in [0.29, 0.717) is 0 Å². The minimum Gasteiger partial charge on any atom is -0.309 e. The molecule has 1 nitrogen and oxygen atoms in total. The number of rotatable bonds is 8. The van der Waals surface area contributed by atoms with E-state index >= 15 is 0 Å². The monoisotopic (exact) mass is 421 g/mol. The molecule has 0 atom stereocenters. The summed E-state index contributed by atoms with van der Waals surface area (Å²) in [5.41, 5.74) is 7.73. The maximum absolute atomic E-state index is 4.17. The van der Waals surface area contributed by atoms with Gasteiger partial charge in [0.25, 0.3) is 0 Å². The van der Waals surface area contributed by atoms with Crippen molar-refractivity contribution in [2.45, 2.75) is 34.1 Å². The van der Waals surface area contributed by atoms with E-state index in [0.717, 1.165) is 39.9 Å². The molecule has 0 saturated heterocycles. The van der Waals surface area contributed by atoms with Crippen LogP contribution in [0.25, 0.3) is 27.5 Å². The number of allylic oxidation sites excluding steroid dienone is 10. The third kappa shape index (κ3) is 4.84. The van der Waals surface area contributed by atoms with Crippen LogP contribution in [0, 0.1) is 0 Å². The first kappa shape index (κ1) is 24.7. The molecule has 3 aromatic rings. The van der Waals surface area contributed by atoms with Crippen LogP contribution in [0.5, 0.6) is 0 Å². The van der Waals surface area contributed by atoms with Gasteiger partial charge < -0.3 is 4.57 Å². The molecule has 1 heteroatoms.